The highest BCUT2D eigenvalue weighted by molar-refractivity contribution is 6.29. The summed E-state index contributed by atoms with van der Waals surface area (Å²) in [4.78, 5) is 16.5. The molecule has 0 spiro atoms. The number of esters is 1. The average Bonchev–Trinajstić information content (AvgIpc) is 2.64. The van der Waals surface area contributed by atoms with Crippen molar-refractivity contribution in [2.75, 3.05) is 20.3 Å². The quantitative estimate of drug-likeness (QED) is 0.594. The highest BCUT2D eigenvalue weighted by Gasteiger charge is 2.23. The summed E-state index contributed by atoms with van der Waals surface area (Å²) in [7, 11) is 1.51. The number of aromatic nitrogens is 1. The van der Waals surface area contributed by atoms with Crippen LogP contribution in [-0.4, -0.2) is 31.3 Å². The van der Waals surface area contributed by atoms with Crippen LogP contribution in [0.5, 0.6) is 17.2 Å². The van der Waals surface area contributed by atoms with E-state index in [2.05, 4.69) is 4.98 Å². The number of hydrogen-bond donors (Lipinski definition) is 0. The number of carbonyl (C=O) groups excluding carboxylic acids is 1. The first kappa shape index (κ1) is 17.4. The number of methoxy groups -OCH3 is 1. The minimum Gasteiger partial charge on any atom is -0.493 e. The lowest BCUT2D eigenvalue weighted by Gasteiger charge is -2.22. The third-order valence-corrected chi connectivity index (χ3v) is 4.01. The molecule has 0 N–H and O–H groups in total. The van der Waals surface area contributed by atoms with Gasteiger partial charge in [0.1, 0.15) is 24.5 Å². The lowest BCUT2D eigenvalue weighted by Crippen LogP contribution is -2.17. The van der Waals surface area contributed by atoms with E-state index in [0.29, 0.717) is 47.6 Å². The van der Waals surface area contributed by atoms with Crippen molar-refractivity contribution in [3.63, 3.8) is 0 Å². The van der Waals surface area contributed by atoms with Crippen molar-refractivity contribution in [2.45, 2.75) is 19.4 Å². The molecule has 1 aliphatic rings. The molecule has 1 aliphatic heterocycles. The van der Waals surface area contributed by atoms with Crippen LogP contribution in [-0.2, 0) is 4.74 Å². The Morgan fingerprint density at radius 3 is 2.84 bits per heavy atom. The van der Waals surface area contributed by atoms with Crippen LogP contribution in [0.3, 0.4) is 0 Å². The second-order valence-electron chi connectivity index (χ2n) is 5.42. The molecule has 2 aromatic rings. The monoisotopic (exact) mass is 363 g/mol. The molecule has 1 unspecified atom stereocenters. The molecule has 2 heterocycles. The number of rotatable bonds is 5. The molecule has 0 bridgehead atoms. The predicted molar refractivity (Wildman–Crippen MR) is 91.7 cm³/mol. The molecule has 1 aromatic heterocycles. The molecule has 1 atom stereocenters. The number of benzene rings is 1. The van der Waals surface area contributed by atoms with Crippen LogP contribution in [0.25, 0.3) is 0 Å². The molecular weight excluding hydrogens is 346 g/mol. The summed E-state index contributed by atoms with van der Waals surface area (Å²) in [5.74, 6) is 0.926. The zero-order valence-electron chi connectivity index (χ0n) is 14.0. The lowest BCUT2D eigenvalue weighted by atomic mass is 10.1. The number of pyridine rings is 1. The smallest absolute Gasteiger partial charge is 0.339 e. The maximum atomic E-state index is 12.6. The molecule has 0 radical (unpaired) electrons. The summed E-state index contributed by atoms with van der Waals surface area (Å²) in [5.41, 5.74) is 1.13. The third-order valence-electron chi connectivity index (χ3n) is 3.81. The number of fused-ring (bicyclic) bond motifs is 1. The SMILES string of the molecule is CCC(OC(=O)c1cc(OC)c2c(c1)OCCO2)c1ccnc(Cl)c1. The predicted octanol–water partition coefficient (Wildman–Crippen LogP) is 3.82. The molecule has 7 heteroatoms. The van der Waals surface area contributed by atoms with Gasteiger partial charge in [-0.1, -0.05) is 18.5 Å². The van der Waals surface area contributed by atoms with Crippen LogP contribution in [0.1, 0.15) is 35.4 Å². The molecule has 3 rings (SSSR count). The van der Waals surface area contributed by atoms with Gasteiger partial charge in [-0.25, -0.2) is 9.78 Å². The Morgan fingerprint density at radius 2 is 2.12 bits per heavy atom. The van der Waals surface area contributed by atoms with Crippen molar-refractivity contribution in [1.29, 1.82) is 0 Å². The molecule has 25 heavy (non-hydrogen) atoms. The van der Waals surface area contributed by atoms with Crippen LogP contribution in [0.2, 0.25) is 5.15 Å². The number of carbonyl (C=O) groups is 1. The molecule has 0 amide bonds. The molecule has 1 aromatic carbocycles. The average molecular weight is 364 g/mol. The first-order valence-corrected chi connectivity index (χ1v) is 8.30. The van der Waals surface area contributed by atoms with Gasteiger partial charge >= 0.3 is 5.97 Å². The van der Waals surface area contributed by atoms with Crippen molar-refractivity contribution in [3.8, 4) is 17.2 Å². The van der Waals surface area contributed by atoms with Crippen LogP contribution in [0.4, 0.5) is 0 Å². The Kier molecular flexibility index (Phi) is 5.28. The van der Waals surface area contributed by atoms with E-state index in [1.54, 1.807) is 30.5 Å². The number of ether oxygens (including phenoxy) is 4. The lowest BCUT2D eigenvalue weighted by molar-refractivity contribution is 0.0286. The highest BCUT2D eigenvalue weighted by Crippen LogP contribution is 2.40. The highest BCUT2D eigenvalue weighted by atomic mass is 35.5. The van der Waals surface area contributed by atoms with Crippen molar-refractivity contribution in [1.82, 2.24) is 4.98 Å². The van der Waals surface area contributed by atoms with Crippen molar-refractivity contribution in [3.05, 3.63) is 46.7 Å². The Morgan fingerprint density at radius 1 is 1.32 bits per heavy atom. The molecule has 6 nitrogen and oxygen atoms in total. The third kappa shape index (κ3) is 3.79. The van der Waals surface area contributed by atoms with Gasteiger partial charge in [-0.15, -0.1) is 0 Å². The van der Waals surface area contributed by atoms with Gasteiger partial charge in [-0.3, -0.25) is 0 Å². The van der Waals surface area contributed by atoms with E-state index in [1.165, 1.54) is 7.11 Å². The van der Waals surface area contributed by atoms with E-state index >= 15 is 0 Å². The minimum atomic E-state index is -0.477. The van der Waals surface area contributed by atoms with Crippen molar-refractivity contribution < 1.29 is 23.7 Å². The Bertz CT molecular complexity index is 763. The van der Waals surface area contributed by atoms with Crippen LogP contribution >= 0.6 is 11.6 Å². The van der Waals surface area contributed by atoms with E-state index in [0.717, 1.165) is 5.56 Å². The van der Waals surface area contributed by atoms with Crippen LogP contribution < -0.4 is 14.2 Å². The zero-order valence-corrected chi connectivity index (χ0v) is 14.7. The number of halogens is 1. The van der Waals surface area contributed by atoms with Gasteiger partial charge in [-0.05, 0) is 36.2 Å². The summed E-state index contributed by atoms with van der Waals surface area (Å²) in [6.45, 7) is 2.78. The van der Waals surface area contributed by atoms with Gasteiger partial charge in [0.05, 0.1) is 12.7 Å². The second-order valence-corrected chi connectivity index (χ2v) is 5.80. The first-order chi connectivity index (χ1) is 12.1. The topological polar surface area (TPSA) is 66.9 Å². The summed E-state index contributed by atoms with van der Waals surface area (Å²) >= 11 is 5.92. The van der Waals surface area contributed by atoms with Crippen molar-refractivity contribution >= 4 is 17.6 Å². The molecule has 132 valence electrons. The van der Waals surface area contributed by atoms with E-state index < -0.39 is 12.1 Å². The van der Waals surface area contributed by atoms with Crippen LogP contribution in [0, 0.1) is 0 Å². The molecule has 0 saturated heterocycles. The zero-order chi connectivity index (χ0) is 17.8. The van der Waals surface area contributed by atoms with Gasteiger partial charge < -0.3 is 18.9 Å². The standard InChI is InChI=1S/C18H18ClNO5/c1-3-13(11-4-5-20-16(19)10-11)25-18(21)12-8-14(22-2)17-15(9-12)23-6-7-24-17/h4-5,8-10,13H,3,6-7H2,1-2H3. The fraction of sp³-hybridized carbons (Fsp3) is 0.333. The largest absolute Gasteiger partial charge is 0.493 e. The number of nitrogens with zero attached hydrogens (tertiary/aromatic N) is 1. The van der Waals surface area contributed by atoms with E-state index in [4.69, 9.17) is 30.5 Å². The Balaban J connectivity index is 1.85. The molecule has 0 fully saturated rings. The summed E-state index contributed by atoms with van der Waals surface area (Å²) in [6, 6.07) is 6.65. The molecular formula is C18H18ClNO5. The summed E-state index contributed by atoms with van der Waals surface area (Å²) < 4.78 is 22.0. The maximum absolute atomic E-state index is 12.6. The van der Waals surface area contributed by atoms with Crippen molar-refractivity contribution in [2.24, 2.45) is 0 Å². The number of hydrogen-bond acceptors (Lipinski definition) is 6. The van der Waals surface area contributed by atoms with Gasteiger partial charge in [0, 0.05) is 6.20 Å². The van der Waals surface area contributed by atoms with Gasteiger partial charge in [-0.2, -0.15) is 0 Å². The van der Waals surface area contributed by atoms with Gasteiger partial charge in [0.25, 0.3) is 0 Å². The van der Waals surface area contributed by atoms with E-state index in [9.17, 15) is 4.79 Å². The Labute approximate surface area is 150 Å². The first-order valence-electron chi connectivity index (χ1n) is 7.92. The van der Waals surface area contributed by atoms with Crippen LogP contribution in [0.15, 0.2) is 30.5 Å². The second kappa shape index (κ2) is 7.61. The minimum absolute atomic E-state index is 0.333. The summed E-state index contributed by atoms with van der Waals surface area (Å²) in [5, 5.41) is 0.355. The normalized spacial score (nSPS) is 13.9. The fourth-order valence-electron chi connectivity index (χ4n) is 2.59. The van der Waals surface area contributed by atoms with Gasteiger partial charge in [0.2, 0.25) is 5.75 Å². The van der Waals surface area contributed by atoms with E-state index in [-0.39, 0.29) is 0 Å². The van der Waals surface area contributed by atoms with E-state index in [1.807, 2.05) is 6.92 Å². The molecule has 0 saturated carbocycles. The summed E-state index contributed by atoms with van der Waals surface area (Å²) in [6.07, 6.45) is 1.77. The fourth-order valence-corrected chi connectivity index (χ4v) is 2.78. The maximum Gasteiger partial charge on any atom is 0.339 e. The molecule has 0 aliphatic carbocycles. The Hall–Kier alpha value is -2.47. The van der Waals surface area contributed by atoms with Gasteiger partial charge in [0.15, 0.2) is 11.5 Å².